The topological polar surface area (TPSA) is 61.4 Å². The van der Waals surface area contributed by atoms with E-state index >= 15 is 0 Å². The quantitative estimate of drug-likeness (QED) is 0.791. The Kier molecular flexibility index (Phi) is 4.09. The van der Waals surface area contributed by atoms with Gasteiger partial charge in [-0.15, -0.1) is 0 Å². The van der Waals surface area contributed by atoms with E-state index in [1.165, 1.54) is 6.33 Å². The van der Waals surface area contributed by atoms with E-state index in [1.807, 2.05) is 7.05 Å². The third kappa shape index (κ3) is 2.76. The van der Waals surface area contributed by atoms with Crippen molar-refractivity contribution in [3.63, 3.8) is 0 Å². The van der Waals surface area contributed by atoms with Gasteiger partial charge < -0.3 is 15.1 Å². The van der Waals surface area contributed by atoms with Crippen LogP contribution in [0.2, 0.25) is 0 Å². The van der Waals surface area contributed by atoms with Crippen LogP contribution in [0.3, 0.4) is 0 Å². The second-order valence-corrected chi connectivity index (χ2v) is 4.66. The first-order valence-electron chi connectivity index (χ1n) is 6.14. The molecule has 0 atom stereocenters. The first-order valence-corrected chi connectivity index (χ1v) is 6.14. The zero-order chi connectivity index (χ0) is 13.0. The van der Waals surface area contributed by atoms with Gasteiger partial charge in [-0.25, -0.2) is 9.97 Å². The number of carbonyl (C=O) groups is 1. The second kappa shape index (κ2) is 5.77. The molecule has 0 spiro atoms. The van der Waals surface area contributed by atoms with Gasteiger partial charge in [-0.1, -0.05) is 0 Å². The van der Waals surface area contributed by atoms with E-state index in [2.05, 4.69) is 32.1 Å². The van der Waals surface area contributed by atoms with E-state index in [4.69, 9.17) is 0 Å². The maximum absolute atomic E-state index is 10.6. The number of likely N-dealkylation sites (tertiary alicyclic amines) is 1. The fraction of sp³-hybridized carbons (Fsp3) is 0.583. The number of nitrogens with one attached hydrogen (secondary N) is 1. The molecule has 1 amide bonds. The smallest absolute Gasteiger partial charge is 0.212 e. The molecule has 0 aromatic carbocycles. The van der Waals surface area contributed by atoms with Crippen molar-refractivity contribution < 1.29 is 4.79 Å². The molecule has 1 aromatic rings. The van der Waals surface area contributed by atoms with Crippen molar-refractivity contribution in [1.82, 2.24) is 14.9 Å². The molecule has 0 aliphatic carbocycles. The highest BCUT2D eigenvalue weighted by atomic mass is 16.1. The molecule has 1 saturated heterocycles. The molecule has 6 nitrogen and oxygen atoms in total. The second-order valence-electron chi connectivity index (χ2n) is 4.66. The van der Waals surface area contributed by atoms with E-state index in [1.54, 1.807) is 6.20 Å². The van der Waals surface area contributed by atoms with E-state index in [0.717, 1.165) is 31.6 Å². The van der Waals surface area contributed by atoms with E-state index in [-0.39, 0.29) is 0 Å². The van der Waals surface area contributed by atoms with Crippen LogP contribution in [-0.4, -0.2) is 54.5 Å². The van der Waals surface area contributed by atoms with Crippen LogP contribution in [0.15, 0.2) is 12.5 Å². The molecule has 2 heterocycles. The summed E-state index contributed by atoms with van der Waals surface area (Å²) < 4.78 is 0. The normalized spacial score (nSPS) is 17.4. The summed E-state index contributed by atoms with van der Waals surface area (Å²) in [6.45, 7) is 2.19. The van der Waals surface area contributed by atoms with Gasteiger partial charge in [-0.3, -0.25) is 4.79 Å². The Morgan fingerprint density at radius 1 is 1.50 bits per heavy atom. The van der Waals surface area contributed by atoms with Gasteiger partial charge in [0.25, 0.3) is 0 Å². The molecule has 1 aromatic heterocycles. The minimum Gasteiger partial charge on any atom is -0.367 e. The molecular weight excluding hydrogens is 230 g/mol. The Balaban J connectivity index is 2.12. The summed E-state index contributed by atoms with van der Waals surface area (Å²) in [7, 11) is 4.17. The summed E-state index contributed by atoms with van der Waals surface area (Å²) >= 11 is 0. The Morgan fingerprint density at radius 2 is 2.22 bits per heavy atom. The molecule has 18 heavy (non-hydrogen) atoms. The molecule has 0 saturated carbocycles. The third-order valence-electron chi connectivity index (χ3n) is 3.50. The van der Waals surface area contributed by atoms with Crippen LogP contribution in [-0.2, 0) is 4.79 Å². The van der Waals surface area contributed by atoms with Crippen molar-refractivity contribution in [2.24, 2.45) is 0 Å². The zero-order valence-corrected chi connectivity index (χ0v) is 10.8. The average Bonchev–Trinajstić information content (AvgIpc) is 2.40. The van der Waals surface area contributed by atoms with Crippen LogP contribution in [0.25, 0.3) is 0 Å². The number of nitrogens with zero attached hydrogens (tertiary/aromatic N) is 4. The van der Waals surface area contributed by atoms with Crippen molar-refractivity contribution in [2.45, 2.75) is 18.9 Å². The molecule has 0 unspecified atom stereocenters. The maximum atomic E-state index is 10.6. The van der Waals surface area contributed by atoms with Crippen LogP contribution < -0.4 is 10.2 Å². The molecule has 6 heteroatoms. The zero-order valence-electron chi connectivity index (χ0n) is 10.8. The van der Waals surface area contributed by atoms with Gasteiger partial charge in [0.2, 0.25) is 6.41 Å². The molecule has 0 bridgehead atoms. The monoisotopic (exact) mass is 249 g/mol. The van der Waals surface area contributed by atoms with Gasteiger partial charge in [0.05, 0.1) is 11.9 Å². The predicted octanol–water partition coefficient (Wildman–Crippen LogP) is 0.575. The number of hydrogen-bond donors (Lipinski definition) is 1. The summed E-state index contributed by atoms with van der Waals surface area (Å²) in [5.41, 5.74) is 0.874. The number of hydrogen-bond acceptors (Lipinski definition) is 5. The van der Waals surface area contributed by atoms with Gasteiger partial charge >= 0.3 is 0 Å². The summed E-state index contributed by atoms with van der Waals surface area (Å²) in [6.07, 6.45) is 6.06. The van der Waals surface area contributed by atoms with E-state index < -0.39 is 0 Å². The van der Waals surface area contributed by atoms with Crippen LogP contribution in [0.5, 0.6) is 0 Å². The highest BCUT2D eigenvalue weighted by Crippen LogP contribution is 2.25. The lowest BCUT2D eigenvalue weighted by molar-refractivity contribution is -0.105. The van der Waals surface area contributed by atoms with Crippen LogP contribution in [0, 0.1) is 0 Å². The fourth-order valence-electron chi connectivity index (χ4n) is 2.33. The lowest BCUT2D eigenvalue weighted by Crippen LogP contribution is -2.42. The third-order valence-corrected chi connectivity index (χ3v) is 3.50. The Labute approximate surface area is 107 Å². The standard InChI is InChI=1S/C12H19N5O/c1-16-5-3-10(4-6-16)17(2)11-7-13-8-14-12(11)15-9-18/h7-10H,3-6H2,1-2H3,(H,13,14,15,18). The van der Waals surface area contributed by atoms with Crippen molar-refractivity contribution in [1.29, 1.82) is 0 Å². The highest BCUT2D eigenvalue weighted by molar-refractivity contribution is 5.77. The van der Waals surface area contributed by atoms with Crippen LogP contribution in [0.1, 0.15) is 12.8 Å². The van der Waals surface area contributed by atoms with Gasteiger partial charge in [0.15, 0.2) is 5.82 Å². The Bertz CT molecular complexity index is 403. The fourth-order valence-corrected chi connectivity index (χ4v) is 2.33. The molecule has 0 radical (unpaired) electrons. The first-order chi connectivity index (χ1) is 8.72. The molecule has 1 aliphatic heterocycles. The number of carbonyl (C=O) groups excluding carboxylic acids is 1. The van der Waals surface area contributed by atoms with Gasteiger partial charge in [0, 0.05) is 13.1 Å². The van der Waals surface area contributed by atoms with Crippen LogP contribution >= 0.6 is 0 Å². The summed E-state index contributed by atoms with van der Waals surface area (Å²) in [6, 6.07) is 0.472. The predicted molar refractivity (Wildman–Crippen MR) is 70.6 cm³/mol. The maximum Gasteiger partial charge on any atom is 0.212 e. The number of anilines is 2. The number of piperidine rings is 1. The largest absolute Gasteiger partial charge is 0.367 e. The Hall–Kier alpha value is -1.69. The van der Waals surface area contributed by atoms with Crippen LogP contribution in [0.4, 0.5) is 11.5 Å². The lowest BCUT2D eigenvalue weighted by Gasteiger charge is -2.36. The Morgan fingerprint density at radius 3 is 2.89 bits per heavy atom. The van der Waals surface area contributed by atoms with Gasteiger partial charge in [0.1, 0.15) is 6.33 Å². The minimum absolute atomic E-state index is 0.472. The molecule has 98 valence electrons. The first kappa shape index (κ1) is 12.8. The average molecular weight is 249 g/mol. The van der Waals surface area contributed by atoms with Crippen molar-refractivity contribution in [3.05, 3.63) is 12.5 Å². The van der Waals surface area contributed by atoms with E-state index in [0.29, 0.717) is 18.3 Å². The molecule has 1 N–H and O–H groups in total. The van der Waals surface area contributed by atoms with Gasteiger partial charge in [-0.2, -0.15) is 0 Å². The SMILES string of the molecule is CN1CCC(N(C)c2cncnc2NC=O)CC1. The highest BCUT2D eigenvalue weighted by Gasteiger charge is 2.22. The summed E-state index contributed by atoms with van der Waals surface area (Å²) in [5.74, 6) is 0.571. The number of aromatic nitrogens is 2. The number of amides is 1. The van der Waals surface area contributed by atoms with Crippen molar-refractivity contribution in [2.75, 3.05) is 37.4 Å². The molecule has 2 rings (SSSR count). The molecular formula is C12H19N5O. The minimum atomic E-state index is 0.472. The summed E-state index contributed by atoms with van der Waals surface area (Å²) in [5, 5.41) is 2.62. The van der Waals surface area contributed by atoms with E-state index in [9.17, 15) is 4.79 Å². The van der Waals surface area contributed by atoms with Crippen molar-refractivity contribution >= 4 is 17.9 Å². The molecule has 1 fully saturated rings. The lowest BCUT2D eigenvalue weighted by atomic mass is 10.0. The van der Waals surface area contributed by atoms with Gasteiger partial charge in [-0.05, 0) is 33.0 Å². The molecule has 1 aliphatic rings. The number of rotatable bonds is 4. The summed E-state index contributed by atoms with van der Waals surface area (Å²) in [4.78, 5) is 23.2. The van der Waals surface area contributed by atoms with Crippen molar-refractivity contribution in [3.8, 4) is 0 Å².